The van der Waals surface area contributed by atoms with Crippen molar-refractivity contribution >= 4 is 29.8 Å². The normalized spacial score (nSPS) is 18.2. The van der Waals surface area contributed by atoms with E-state index in [0.717, 1.165) is 16.4 Å². The van der Waals surface area contributed by atoms with Crippen molar-refractivity contribution in [2.75, 3.05) is 12.3 Å². The van der Waals surface area contributed by atoms with E-state index >= 15 is 0 Å². The summed E-state index contributed by atoms with van der Waals surface area (Å²) in [6, 6.07) is 17.7. The first kappa shape index (κ1) is 21.8. The molecule has 2 aromatic carbocycles. The third kappa shape index (κ3) is 4.45. The molecule has 0 radical (unpaired) electrons. The van der Waals surface area contributed by atoms with Crippen LogP contribution < -0.4 is 14.6 Å². The van der Waals surface area contributed by atoms with Crippen molar-refractivity contribution in [3.05, 3.63) is 70.7 Å². The maximum Gasteiger partial charge on any atom is 0.415 e. The Kier molecular flexibility index (Phi) is 5.78. The number of fused-ring (bicyclic) bond motifs is 2. The van der Waals surface area contributed by atoms with Gasteiger partial charge in [-0.3, -0.25) is 0 Å². The van der Waals surface area contributed by atoms with E-state index in [1.54, 1.807) is 4.90 Å². The highest BCUT2D eigenvalue weighted by molar-refractivity contribution is 7.89. The van der Waals surface area contributed by atoms with Crippen LogP contribution in [0.5, 0.6) is 0 Å². The van der Waals surface area contributed by atoms with Gasteiger partial charge in [0.05, 0.1) is 5.22 Å². The van der Waals surface area contributed by atoms with Crippen LogP contribution in [0.3, 0.4) is 0 Å². The van der Waals surface area contributed by atoms with Gasteiger partial charge in [-0.1, -0.05) is 66.1 Å². The Morgan fingerprint density at radius 2 is 1.77 bits per heavy atom. The fourth-order valence-corrected chi connectivity index (χ4v) is 8.80. The number of hydrogen-bond acceptors (Lipinski definition) is 4. The summed E-state index contributed by atoms with van der Waals surface area (Å²) in [7, 11) is -5.15. The van der Waals surface area contributed by atoms with Crippen molar-refractivity contribution in [2.45, 2.75) is 44.9 Å². The van der Waals surface area contributed by atoms with Crippen LogP contribution >= 0.6 is 0 Å². The third-order valence-electron chi connectivity index (χ3n) is 5.79. The maximum atomic E-state index is 13.5. The summed E-state index contributed by atoms with van der Waals surface area (Å²) in [5.41, 5.74) is 1.87. The zero-order chi connectivity index (χ0) is 22.2. The van der Waals surface area contributed by atoms with E-state index in [1.807, 2.05) is 54.6 Å². The average Bonchev–Trinajstić information content (AvgIpc) is 3.29. The van der Waals surface area contributed by atoms with E-state index < -0.39 is 30.4 Å². The number of likely N-dealkylation sites (tertiary alicyclic amines) is 1. The van der Waals surface area contributed by atoms with Crippen LogP contribution in [-0.2, 0) is 21.4 Å². The van der Waals surface area contributed by atoms with Crippen molar-refractivity contribution in [2.24, 2.45) is 0 Å². The quantitative estimate of drug-likeness (QED) is 0.493. The second-order valence-electron chi connectivity index (χ2n) is 9.32. The second-order valence-corrected chi connectivity index (χ2v) is 16.9. The molecule has 2 aliphatic rings. The summed E-state index contributed by atoms with van der Waals surface area (Å²) in [6.07, 6.45) is -0.475. The molecular formula is C23H29N2O4SSi+. The van der Waals surface area contributed by atoms with Crippen LogP contribution in [0.15, 0.2) is 54.6 Å². The molecule has 0 N–H and O–H groups in total. The molecule has 0 aliphatic carbocycles. The van der Waals surface area contributed by atoms with Gasteiger partial charge in [-0.25, -0.2) is 9.69 Å². The molecule has 2 aliphatic heterocycles. The Hall–Kier alpha value is -2.45. The molecule has 0 unspecified atom stereocenters. The standard InChI is InChI=1S/C23H29N2O4SSi/c1-31(2,3)16-15-30(27,28)25-21-12-8-7-11-19(21)20-13-14-24(22(20)25)23(26)29-17-18-9-5-4-6-10-18/h4-12,22H,13-17H2,1-3H3/q+1/t22-/m0/s1. The summed E-state index contributed by atoms with van der Waals surface area (Å²) in [5.74, 6) is 0.0910. The summed E-state index contributed by atoms with van der Waals surface area (Å²) < 4.78 is 34.0. The summed E-state index contributed by atoms with van der Waals surface area (Å²) >= 11 is 0. The van der Waals surface area contributed by atoms with Crippen LogP contribution in [0, 0.1) is 0 Å². The minimum atomic E-state index is -3.60. The Morgan fingerprint density at radius 3 is 2.48 bits per heavy atom. The van der Waals surface area contributed by atoms with Crippen molar-refractivity contribution in [1.82, 2.24) is 8.88 Å². The van der Waals surface area contributed by atoms with Crippen LogP contribution in [0.25, 0.3) is 5.57 Å². The molecule has 1 fully saturated rings. The van der Waals surface area contributed by atoms with Gasteiger partial charge in [0.2, 0.25) is 5.36 Å². The minimum absolute atomic E-state index is 0.0910. The van der Waals surface area contributed by atoms with Gasteiger partial charge >= 0.3 is 16.1 Å². The summed E-state index contributed by atoms with van der Waals surface area (Å²) in [5, 5.41) is 1.58. The van der Waals surface area contributed by atoms with Crippen molar-refractivity contribution in [3.8, 4) is 0 Å². The number of carbonyl (C=O) groups excluding carboxylic acids is 1. The zero-order valence-corrected chi connectivity index (χ0v) is 20.1. The van der Waals surface area contributed by atoms with Crippen LogP contribution in [-0.4, -0.2) is 45.9 Å². The topological polar surface area (TPSA) is 66.7 Å². The molecule has 164 valence electrons. The lowest BCUT2D eigenvalue weighted by Crippen LogP contribution is -2.51. The van der Waals surface area contributed by atoms with Crippen LogP contribution in [0.2, 0.25) is 25.7 Å². The molecule has 2 aromatic rings. The molecule has 31 heavy (non-hydrogen) atoms. The van der Waals surface area contributed by atoms with Crippen molar-refractivity contribution in [1.29, 1.82) is 0 Å². The molecule has 6 nitrogen and oxygen atoms in total. The van der Waals surface area contributed by atoms with Gasteiger partial charge < -0.3 is 4.74 Å². The fraction of sp³-hybridized carbons (Fsp3) is 0.391. The minimum Gasteiger partial charge on any atom is -0.444 e. The van der Waals surface area contributed by atoms with E-state index in [9.17, 15) is 13.2 Å². The molecule has 0 spiro atoms. The lowest BCUT2D eigenvalue weighted by Gasteiger charge is -2.21. The number of hydrogen-bond donors (Lipinski definition) is 0. The Bertz CT molecular complexity index is 1220. The van der Waals surface area contributed by atoms with Crippen LogP contribution in [0.1, 0.15) is 12.0 Å². The molecular weight excluding hydrogens is 428 g/mol. The lowest BCUT2D eigenvalue weighted by atomic mass is 10.1. The summed E-state index contributed by atoms with van der Waals surface area (Å²) in [6.45, 7) is 7.11. The molecule has 1 amide bonds. The number of rotatable bonds is 6. The largest absolute Gasteiger partial charge is 0.444 e. The van der Waals surface area contributed by atoms with Crippen LogP contribution in [0.4, 0.5) is 4.79 Å². The Balaban J connectivity index is 1.66. The van der Waals surface area contributed by atoms with Gasteiger partial charge in [0.1, 0.15) is 12.4 Å². The fourth-order valence-electron chi connectivity index (χ4n) is 4.12. The van der Waals surface area contributed by atoms with Gasteiger partial charge in [-0.05, 0) is 24.1 Å². The highest BCUT2D eigenvalue weighted by Crippen LogP contribution is 2.28. The number of carbonyl (C=O) groups is 1. The lowest BCUT2D eigenvalue weighted by molar-refractivity contribution is 0.0921. The smallest absolute Gasteiger partial charge is 0.415 e. The number of ether oxygens (including phenoxy) is 1. The molecule has 0 aromatic heterocycles. The second kappa shape index (κ2) is 8.24. The van der Waals surface area contributed by atoms with Gasteiger partial charge in [-0.15, -0.1) is 0 Å². The Morgan fingerprint density at radius 1 is 1.10 bits per heavy atom. The van der Waals surface area contributed by atoms with Crippen molar-refractivity contribution in [3.63, 3.8) is 0 Å². The van der Waals surface area contributed by atoms with Crippen molar-refractivity contribution < 1.29 is 17.9 Å². The van der Waals surface area contributed by atoms with E-state index in [1.165, 1.54) is 3.98 Å². The average molecular weight is 458 g/mol. The molecule has 0 saturated carbocycles. The Labute approximate surface area is 184 Å². The highest BCUT2D eigenvalue weighted by atomic mass is 32.2. The number of benzene rings is 2. The first-order valence-electron chi connectivity index (χ1n) is 10.6. The zero-order valence-electron chi connectivity index (χ0n) is 18.2. The first-order chi connectivity index (χ1) is 14.7. The van der Waals surface area contributed by atoms with E-state index in [2.05, 4.69) is 19.6 Å². The SMILES string of the molecule is C[Si](C)(C)CCS(=O)(=O)[N+]1=c2ccccc2=C2CCN(C(=O)OCc3ccccc3)[C@H]21. The number of para-hydroxylation sites is 1. The molecule has 4 rings (SSSR count). The van der Waals surface area contributed by atoms with Gasteiger partial charge in [0.25, 0.3) is 6.17 Å². The molecule has 2 heterocycles. The van der Waals surface area contributed by atoms with E-state index in [4.69, 9.17) is 4.74 Å². The highest BCUT2D eigenvalue weighted by Gasteiger charge is 2.50. The first-order valence-corrected chi connectivity index (χ1v) is 15.9. The van der Waals surface area contributed by atoms with Gasteiger partial charge in [0.15, 0.2) is 0 Å². The predicted molar refractivity (Wildman–Crippen MR) is 124 cm³/mol. The number of sulfonamides is 1. The molecule has 0 bridgehead atoms. The predicted octanol–water partition coefficient (Wildman–Crippen LogP) is 2.38. The maximum absolute atomic E-state index is 13.5. The number of amides is 1. The van der Waals surface area contributed by atoms with Gasteiger partial charge in [-0.2, -0.15) is 8.42 Å². The van der Waals surface area contributed by atoms with Gasteiger partial charge in [0, 0.05) is 26.3 Å². The monoisotopic (exact) mass is 457 g/mol. The van der Waals surface area contributed by atoms with E-state index in [0.29, 0.717) is 24.4 Å². The number of nitrogens with zero attached hydrogens (tertiary/aromatic N) is 2. The third-order valence-corrected chi connectivity index (χ3v) is 9.62. The summed E-state index contributed by atoms with van der Waals surface area (Å²) in [4.78, 5) is 14.5. The molecule has 8 heteroatoms. The molecule has 1 saturated heterocycles. The van der Waals surface area contributed by atoms with E-state index in [-0.39, 0.29) is 12.4 Å². The molecule has 1 atom stereocenters.